The highest BCUT2D eigenvalue weighted by Crippen LogP contribution is 2.51. The van der Waals surface area contributed by atoms with Crippen LogP contribution in [0.3, 0.4) is 0 Å². The Morgan fingerprint density at radius 1 is 0.815 bits per heavy atom. The molecule has 1 saturated carbocycles. The third kappa shape index (κ3) is 3.94. The van der Waals surface area contributed by atoms with Gasteiger partial charge in [0.05, 0.1) is 0 Å². The summed E-state index contributed by atoms with van der Waals surface area (Å²) in [4.78, 5) is 19.8. The van der Waals surface area contributed by atoms with Crippen LogP contribution in [0.5, 0.6) is 0 Å². The lowest BCUT2D eigenvalue weighted by Gasteiger charge is -2.62. The molecule has 0 aromatic rings. The monoisotopic (exact) mass is 375 g/mol. The summed E-state index contributed by atoms with van der Waals surface area (Å²) >= 11 is 0. The molecular weight excluding hydrogens is 334 g/mol. The molecule has 3 saturated heterocycles. The van der Waals surface area contributed by atoms with Gasteiger partial charge < -0.3 is 14.7 Å². The molecule has 0 N–H and O–H groups in total. The second kappa shape index (κ2) is 7.67. The molecule has 0 atom stereocenters. The average Bonchev–Trinajstić information content (AvgIpc) is 2.59. The third-order valence-electron chi connectivity index (χ3n) is 8.24. The van der Waals surface area contributed by atoms with Crippen molar-refractivity contribution in [3.8, 4) is 0 Å². The number of carbonyl (C=O) groups excluding carboxylic acids is 1. The van der Waals surface area contributed by atoms with Crippen molar-refractivity contribution in [2.75, 3.05) is 39.3 Å². The number of hydrogen-bond donors (Lipinski definition) is 0. The van der Waals surface area contributed by atoms with Crippen molar-refractivity contribution in [2.24, 2.45) is 23.2 Å². The van der Waals surface area contributed by atoms with Crippen LogP contribution in [-0.4, -0.2) is 72.0 Å². The van der Waals surface area contributed by atoms with Crippen molar-refractivity contribution in [1.82, 2.24) is 14.7 Å². The van der Waals surface area contributed by atoms with Crippen LogP contribution >= 0.6 is 0 Å². The molecule has 0 bridgehead atoms. The average molecular weight is 376 g/mol. The van der Waals surface area contributed by atoms with Gasteiger partial charge in [0.15, 0.2) is 0 Å². The second-order valence-corrected chi connectivity index (χ2v) is 10.8. The minimum atomic E-state index is 0.155. The molecule has 154 valence electrons. The third-order valence-corrected chi connectivity index (χ3v) is 8.24. The predicted molar refractivity (Wildman–Crippen MR) is 111 cm³/mol. The van der Waals surface area contributed by atoms with Crippen molar-refractivity contribution in [3.63, 3.8) is 0 Å². The van der Waals surface area contributed by atoms with Crippen LogP contribution in [-0.2, 0) is 4.79 Å². The first kappa shape index (κ1) is 19.7. The molecule has 0 aromatic carbocycles. The lowest BCUT2D eigenvalue weighted by molar-refractivity contribution is -0.161. The van der Waals surface area contributed by atoms with Crippen molar-refractivity contribution in [3.05, 3.63) is 0 Å². The predicted octanol–water partition coefficient (Wildman–Crippen LogP) is 3.47. The Kier molecular flexibility index (Phi) is 5.59. The fourth-order valence-electron chi connectivity index (χ4n) is 6.31. The highest BCUT2D eigenvalue weighted by atomic mass is 16.2. The van der Waals surface area contributed by atoms with Crippen molar-refractivity contribution in [1.29, 1.82) is 0 Å². The Morgan fingerprint density at radius 3 is 1.85 bits per heavy atom. The maximum absolute atomic E-state index is 12.1. The number of amides is 1. The minimum absolute atomic E-state index is 0.155. The van der Waals surface area contributed by atoms with Crippen LogP contribution in [0, 0.1) is 23.2 Å². The Balaban J connectivity index is 1.16. The first-order chi connectivity index (χ1) is 12.9. The normalized spacial score (nSPS) is 28.7. The number of likely N-dealkylation sites (tertiary alicyclic amines) is 3. The number of hydrogen-bond acceptors (Lipinski definition) is 3. The van der Waals surface area contributed by atoms with Gasteiger partial charge in [0, 0.05) is 36.5 Å². The van der Waals surface area contributed by atoms with E-state index < -0.39 is 0 Å². The smallest absolute Gasteiger partial charge is 0.225 e. The zero-order valence-electron chi connectivity index (χ0n) is 18.1. The van der Waals surface area contributed by atoms with E-state index in [2.05, 4.69) is 28.5 Å². The van der Waals surface area contributed by atoms with Gasteiger partial charge in [-0.05, 0) is 76.5 Å². The fraction of sp³-hybridized carbons (Fsp3) is 0.957. The molecule has 4 nitrogen and oxygen atoms in total. The first-order valence-electron chi connectivity index (χ1n) is 11.6. The van der Waals surface area contributed by atoms with E-state index in [1.165, 1.54) is 64.7 Å². The molecule has 1 spiro atoms. The summed E-state index contributed by atoms with van der Waals surface area (Å²) in [6.07, 6.45) is 8.23. The molecule has 1 aliphatic carbocycles. The molecule has 0 radical (unpaired) electrons. The van der Waals surface area contributed by atoms with Gasteiger partial charge in [-0.25, -0.2) is 0 Å². The summed E-state index contributed by atoms with van der Waals surface area (Å²) in [6.45, 7) is 16.1. The van der Waals surface area contributed by atoms with Crippen molar-refractivity contribution in [2.45, 2.75) is 78.3 Å². The van der Waals surface area contributed by atoms with Gasteiger partial charge in [-0.1, -0.05) is 27.7 Å². The number of rotatable bonds is 4. The largest absolute Gasteiger partial charge is 0.341 e. The van der Waals surface area contributed by atoms with Crippen LogP contribution in [0.2, 0.25) is 0 Å². The number of carbonyl (C=O) groups is 1. The first-order valence-corrected chi connectivity index (χ1v) is 11.6. The molecule has 3 aliphatic heterocycles. The summed E-state index contributed by atoms with van der Waals surface area (Å²) in [5.41, 5.74) is 0.491. The van der Waals surface area contributed by atoms with Gasteiger partial charge in [0.1, 0.15) is 0 Å². The van der Waals surface area contributed by atoms with Crippen molar-refractivity contribution >= 4 is 5.91 Å². The van der Waals surface area contributed by atoms with Crippen LogP contribution in [0.15, 0.2) is 0 Å². The molecule has 1 amide bonds. The molecule has 4 aliphatic rings. The Morgan fingerprint density at radius 2 is 1.33 bits per heavy atom. The Bertz CT molecular complexity index is 516. The second-order valence-electron chi connectivity index (χ2n) is 10.8. The van der Waals surface area contributed by atoms with Gasteiger partial charge in [-0.2, -0.15) is 0 Å². The quantitative estimate of drug-likeness (QED) is 0.753. The minimum Gasteiger partial charge on any atom is -0.341 e. The Hall–Kier alpha value is -0.610. The molecule has 3 heterocycles. The van der Waals surface area contributed by atoms with Crippen molar-refractivity contribution < 1.29 is 4.79 Å². The standard InChI is InChI=1S/C23H41N3O/c1-17(2)19-5-9-24(10-6-19)20-7-11-25(12-8-20)21-13-23(14-21)15-26(16-23)22(27)18(3)4/h17-21H,5-16H2,1-4H3. The van der Waals surface area contributed by atoms with Gasteiger partial charge in [-0.15, -0.1) is 0 Å². The van der Waals surface area contributed by atoms with E-state index in [9.17, 15) is 4.79 Å². The summed E-state index contributed by atoms with van der Waals surface area (Å²) in [5, 5.41) is 0. The zero-order valence-corrected chi connectivity index (χ0v) is 18.1. The van der Waals surface area contributed by atoms with Gasteiger partial charge >= 0.3 is 0 Å². The molecule has 4 fully saturated rings. The van der Waals surface area contributed by atoms with E-state index in [-0.39, 0.29) is 5.92 Å². The number of piperidine rings is 2. The lowest BCUT2D eigenvalue weighted by atomic mass is 9.60. The summed E-state index contributed by atoms with van der Waals surface area (Å²) in [6, 6.07) is 1.64. The van der Waals surface area contributed by atoms with Gasteiger partial charge in [0.25, 0.3) is 0 Å². The van der Waals surface area contributed by atoms with E-state index >= 15 is 0 Å². The van der Waals surface area contributed by atoms with E-state index in [0.29, 0.717) is 11.3 Å². The van der Waals surface area contributed by atoms with Crippen LogP contribution < -0.4 is 0 Å². The molecule has 4 rings (SSSR count). The summed E-state index contributed by atoms with van der Waals surface area (Å²) in [7, 11) is 0. The van der Waals surface area contributed by atoms with E-state index in [1.807, 2.05) is 13.8 Å². The molecule has 0 unspecified atom stereocenters. The lowest BCUT2D eigenvalue weighted by Crippen LogP contribution is -2.68. The van der Waals surface area contributed by atoms with E-state index in [0.717, 1.165) is 37.0 Å². The molecule has 27 heavy (non-hydrogen) atoms. The Labute approximate surface area is 166 Å². The molecule has 0 aromatic heterocycles. The number of nitrogens with zero attached hydrogens (tertiary/aromatic N) is 3. The van der Waals surface area contributed by atoms with Gasteiger partial charge in [0.2, 0.25) is 5.91 Å². The maximum atomic E-state index is 12.1. The van der Waals surface area contributed by atoms with E-state index in [1.54, 1.807) is 0 Å². The van der Waals surface area contributed by atoms with Gasteiger partial charge in [-0.3, -0.25) is 4.79 Å². The SMILES string of the molecule is CC(C)C(=O)N1CC2(CC(N3CCC(N4CCC(C(C)C)CC4)CC3)C2)C1. The zero-order chi connectivity index (χ0) is 19.2. The fourth-order valence-corrected chi connectivity index (χ4v) is 6.31. The maximum Gasteiger partial charge on any atom is 0.225 e. The molecule has 4 heteroatoms. The van der Waals surface area contributed by atoms with E-state index in [4.69, 9.17) is 0 Å². The van der Waals surface area contributed by atoms with Crippen LogP contribution in [0.1, 0.15) is 66.2 Å². The highest BCUT2D eigenvalue weighted by molar-refractivity contribution is 5.79. The molecular formula is C23H41N3O. The summed E-state index contributed by atoms with van der Waals surface area (Å²) < 4.78 is 0. The van der Waals surface area contributed by atoms with Crippen LogP contribution in [0.25, 0.3) is 0 Å². The topological polar surface area (TPSA) is 26.8 Å². The van der Waals surface area contributed by atoms with Crippen LogP contribution in [0.4, 0.5) is 0 Å². The summed E-state index contributed by atoms with van der Waals surface area (Å²) in [5.74, 6) is 2.32. The highest BCUT2D eigenvalue weighted by Gasteiger charge is 2.55.